The number of hydrogen-bond donors (Lipinski definition) is 3. The van der Waals surface area contributed by atoms with Crippen molar-refractivity contribution in [2.75, 3.05) is 11.5 Å². The zero-order chi connectivity index (χ0) is 27.0. The van der Waals surface area contributed by atoms with Crippen molar-refractivity contribution >= 4 is 23.5 Å². The number of carboxylic acids is 1. The molecule has 1 aliphatic rings. The van der Waals surface area contributed by atoms with Gasteiger partial charge in [0.25, 0.3) is 0 Å². The van der Waals surface area contributed by atoms with Gasteiger partial charge in [-0.15, -0.1) is 0 Å². The van der Waals surface area contributed by atoms with Gasteiger partial charge in [0.15, 0.2) is 11.6 Å². The van der Waals surface area contributed by atoms with Crippen LogP contribution in [0.4, 0.5) is 14.5 Å². The first-order valence-electron chi connectivity index (χ1n) is 11.3. The second-order valence-electron chi connectivity index (χ2n) is 8.75. The molecule has 0 bridgehead atoms. The second-order valence-corrected chi connectivity index (χ2v) is 8.75. The highest BCUT2D eigenvalue weighted by atomic mass is 19.2. The zero-order valence-electron chi connectivity index (χ0n) is 20.0. The van der Waals surface area contributed by atoms with E-state index in [4.69, 9.17) is 5.73 Å². The zero-order valence-corrected chi connectivity index (χ0v) is 20.0. The normalized spacial score (nSPS) is 15.6. The van der Waals surface area contributed by atoms with Crippen LogP contribution in [-0.2, 0) is 16.1 Å². The van der Waals surface area contributed by atoms with Gasteiger partial charge < -0.3 is 15.9 Å². The Morgan fingerprint density at radius 1 is 1.14 bits per heavy atom. The number of hydrogen-bond acceptors (Lipinski definition) is 5. The van der Waals surface area contributed by atoms with Crippen molar-refractivity contribution in [2.45, 2.75) is 32.7 Å². The van der Waals surface area contributed by atoms with Gasteiger partial charge in [0, 0.05) is 35.4 Å². The summed E-state index contributed by atoms with van der Waals surface area (Å²) in [6.45, 7) is 3.46. The van der Waals surface area contributed by atoms with Crippen LogP contribution in [0, 0.1) is 25.5 Å². The van der Waals surface area contributed by atoms with Crippen LogP contribution in [0.5, 0.6) is 0 Å². The van der Waals surface area contributed by atoms with Gasteiger partial charge in [0.1, 0.15) is 0 Å². The molecule has 3 aromatic rings. The summed E-state index contributed by atoms with van der Waals surface area (Å²) in [4.78, 5) is 38.8. The predicted molar refractivity (Wildman–Crippen MR) is 130 cm³/mol. The molecule has 9 nitrogen and oxygen atoms in total. The molecule has 2 heterocycles. The Hall–Kier alpha value is -4.38. The van der Waals surface area contributed by atoms with Crippen LogP contribution < -0.4 is 10.6 Å². The lowest BCUT2D eigenvalue weighted by molar-refractivity contribution is -0.133. The summed E-state index contributed by atoms with van der Waals surface area (Å²) in [5, 5.41) is 23.7. The van der Waals surface area contributed by atoms with Gasteiger partial charge in [-0.2, -0.15) is 5.10 Å². The van der Waals surface area contributed by atoms with Crippen LogP contribution in [0.15, 0.2) is 48.2 Å². The molecule has 192 valence electrons. The number of aliphatic hydroxyl groups is 1. The average Bonchev–Trinajstić information content (AvgIpc) is 3.20. The number of carbonyl (C=O) groups is 3. The van der Waals surface area contributed by atoms with Crippen LogP contribution in [0.2, 0.25) is 0 Å². The van der Waals surface area contributed by atoms with Crippen LogP contribution in [-0.4, -0.2) is 44.4 Å². The lowest BCUT2D eigenvalue weighted by atomic mass is 9.85. The third kappa shape index (κ3) is 4.85. The summed E-state index contributed by atoms with van der Waals surface area (Å²) >= 11 is 0. The number of aryl methyl sites for hydroxylation is 2. The van der Waals surface area contributed by atoms with E-state index in [0.717, 1.165) is 23.2 Å². The minimum absolute atomic E-state index is 0.152. The smallest absolute Gasteiger partial charge is 0.333 e. The van der Waals surface area contributed by atoms with Crippen LogP contribution in [0.3, 0.4) is 0 Å². The SMILES string of the molecule is Cc1cc(N2C=C(C(=O)O)C(c3ccc(F)c(F)c3)CC2=O)c(-c2cc(C)n(CCO)n2)cc1C(N)=O. The molecule has 11 heteroatoms. The number of nitrogens with two attached hydrogens (primary N) is 1. The number of carbonyl (C=O) groups excluding carboxylic acids is 2. The number of carboxylic acid groups (broad SMARTS) is 1. The molecule has 0 aliphatic carbocycles. The molecule has 0 radical (unpaired) electrons. The number of amides is 2. The maximum Gasteiger partial charge on any atom is 0.333 e. The molecule has 1 atom stereocenters. The predicted octanol–water partition coefficient (Wildman–Crippen LogP) is 3.03. The highest BCUT2D eigenvalue weighted by Crippen LogP contribution is 2.40. The first-order valence-corrected chi connectivity index (χ1v) is 11.3. The van der Waals surface area contributed by atoms with Gasteiger partial charge in [-0.3, -0.25) is 19.2 Å². The standard InChI is InChI=1S/C26H24F2N4O5/c1-13-7-23(18(10-16(13)25(29)35)22-8-14(2)32(30-22)5-6-33)31-12-19(26(36)37)17(11-24(31)34)15-3-4-20(27)21(28)9-15/h3-4,7-10,12,17,33H,5-6,11H2,1-2H3,(H2,29,35)(H,36,37). The van der Waals surface area contributed by atoms with Crippen molar-refractivity contribution < 1.29 is 33.4 Å². The van der Waals surface area contributed by atoms with Gasteiger partial charge in [-0.05, 0) is 55.3 Å². The number of nitrogens with zero attached hydrogens (tertiary/aromatic N) is 3. The molecule has 2 aromatic carbocycles. The molecule has 1 aliphatic heterocycles. The monoisotopic (exact) mass is 510 g/mol. The molecule has 1 aromatic heterocycles. The number of rotatable bonds is 7. The topological polar surface area (TPSA) is 139 Å². The minimum atomic E-state index is -1.33. The van der Waals surface area contributed by atoms with E-state index in [9.17, 15) is 33.4 Å². The number of aliphatic hydroxyl groups excluding tert-OH is 1. The van der Waals surface area contributed by atoms with E-state index in [1.807, 2.05) is 0 Å². The lowest BCUT2D eigenvalue weighted by Gasteiger charge is -2.31. The number of benzene rings is 2. The number of halogens is 2. The Bertz CT molecular complexity index is 1460. The molecule has 0 spiro atoms. The van der Waals surface area contributed by atoms with Crippen molar-refractivity contribution in [1.82, 2.24) is 9.78 Å². The number of aromatic nitrogens is 2. The number of anilines is 1. The summed E-state index contributed by atoms with van der Waals surface area (Å²) in [6, 6.07) is 7.75. The maximum absolute atomic E-state index is 13.9. The van der Waals surface area contributed by atoms with Gasteiger partial charge in [0.05, 0.1) is 30.1 Å². The summed E-state index contributed by atoms with van der Waals surface area (Å²) in [5.74, 6) is -5.76. The van der Waals surface area contributed by atoms with Crippen molar-refractivity contribution in [3.8, 4) is 11.3 Å². The fourth-order valence-corrected chi connectivity index (χ4v) is 4.44. The Balaban J connectivity index is 1.89. The quantitative estimate of drug-likeness (QED) is 0.447. The average molecular weight is 510 g/mol. The summed E-state index contributed by atoms with van der Waals surface area (Å²) < 4.78 is 28.9. The molecule has 0 saturated heterocycles. The van der Waals surface area contributed by atoms with E-state index >= 15 is 0 Å². The van der Waals surface area contributed by atoms with Crippen molar-refractivity contribution in [3.63, 3.8) is 0 Å². The van der Waals surface area contributed by atoms with Crippen LogP contribution in [0.25, 0.3) is 11.3 Å². The van der Waals surface area contributed by atoms with Crippen molar-refractivity contribution in [2.24, 2.45) is 5.73 Å². The molecule has 4 rings (SSSR count). The second kappa shape index (κ2) is 9.94. The molecule has 0 saturated carbocycles. The van der Waals surface area contributed by atoms with Crippen LogP contribution in [0.1, 0.15) is 39.5 Å². The first kappa shape index (κ1) is 25.7. The van der Waals surface area contributed by atoms with Gasteiger partial charge in [-0.1, -0.05) is 6.07 Å². The van der Waals surface area contributed by atoms with Gasteiger partial charge >= 0.3 is 5.97 Å². The number of primary amides is 1. The van der Waals surface area contributed by atoms with Crippen LogP contribution >= 0.6 is 0 Å². The molecule has 37 heavy (non-hydrogen) atoms. The fraction of sp³-hybridized carbons (Fsp3) is 0.231. The first-order chi connectivity index (χ1) is 17.5. The van der Waals surface area contributed by atoms with Crippen molar-refractivity contribution in [1.29, 1.82) is 0 Å². The largest absolute Gasteiger partial charge is 0.478 e. The highest BCUT2D eigenvalue weighted by Gasteiger charge is 2.35. The Morgan fingerprint density at radius 2 is 1.86 bits per heavy atom. The van der Waals surface area contributed by atoms with E-state index in [0.29, 0.717) is 22.5 Å². The molecular weight excluding hydrogens is 486 g/mol. The molecule has 1 unspecified atom stereocenters. The van der Waals surface area contributed by atoms with Gasteiger partial charge in [-0.25, -0.2) is 13.6 Å². The molecule has 2 amide bonds. The molecule has 0 fully saturated rings. The Labute approximate surface area is 210 Å². The van der Waals surface area contributed by atoms with E-state index in [2.05, 4.69) is 5.10 Å². The van der Waals surface area contributed by atoms with E-state index in [-0.39, 0.29) is 42.0 Å². The third-order valence-corrected chi connectivity index (χ3v) is 6.32. The Kier molecular flexibility index (Phi) is 6.90. The fourth-order valence-electron chi connectivity index (χ4n) is 4.44. The van der Waals surface area contributed by atoms with E-state index in [1.165, 1.54) is 12.1 Å². The van der Waals surface area contributed by atoms with E-state index in [1.54, 1.807) is 30.7 Å². The molecular formula is C26H24F2N4O5. The van der Waals surface area contributed by atoms with Gasteiger partial charge in [0.2, 0.25) is 11.8 Å². The van der Waals surface area contributed by atoms with E-state index < -0.39 is 35.3 Å². The lowest BCUT2D eigenvalue weighted by Crippen LogP contribution is -2.35. The summed E-state index contributed by atoms with van der Waals surface area (Å²) in [5.41, 5.74) is 7.85. The van der Waals surface area contributed by atoms with Crippen molar-refractivity contribution in [3.05, 3.63) is 82.2 Å². The third-order valence-electron chi connectivity index (χ3n) is 6.32. The summed E-state index contributed by atoms with van der Waals surface area (Å²) in [7, 11) is 0. The maximum atomic E-state index is 13.9. The summed E-state index contributed by atoms with van der Waals surface area (Å²) in [6.07, 6.45) is 0.830. The number of aliphatic carboxylic acids is 1. The Morgan fingerprint density at radius 3 is 2.49 bits per heavy atom. The highest BCUT2D eigenvalue weighted by molar-refractivity contribution is 6.06. The minimum Gasteiger partial charge on any atom is -0.478 e. The molecule has 4 N–H and O–H groups in total.